The molecule has 0 radical (unpaired) electrons. The Balaban J connectivity index is 0.000000454. The zero-order valence-electron chi connectivity index (χ0n) is 18.3. The van der Waals surface area contributed by atoms with Gasteiger partial charge in [0.15, 0.2) is 0 Å². The van der Waals surface area contributed by atoms with Crippen LogP contribution in [0.4, 0.5) is 24.7 Å². The molecule has 5 nitrogen and oxygen atoms in total. The van der Waals surface area contributed by atoms with Crippen LogP contribution in [0.2, 0.25) is 0 Å². The first-order valence-electron chi connectivity index (χ1n) is 10.0. The van der Waals surface area contributed by atoms with E-state index < -0.39 is 12.5 Å². The monoisotopic (exact) mass is 453 g/mol. The highest BCUT2D eigenvalue weighted by Gasteiger charge is 2.24. The molecule has 1 heterocycles. The van der Waals surface area contributed by atoms with Crippen molar-refractivity contribution < 1.29 is 22.7 Å². The van der Waals surface area contributed by atoms with Crippen molar-refractivity contribution in [1.29, 1.82) is 0 Å². The van der Waals surface area contributed by atoms with E-state index in [0.29, 0.717) is 0 Å². The number of para-hydroxylation sites is 1. The summed E-state index contributed by atoms with van der Waals surface area (Å²) in [5, 5.41) is 4.41. The molecular weight excluding hydrogens is 431 g/mol. The third kappa shape index (κ3) is 6.52. The fourth-order valence-corrected chi connectivity index (χ4v) is 2.99. The summed E-state index contributed by atoms with van der Waals surface area (Å²) < 4.78 is 37.3. The highest BCUT2D eigenvalue weighted by Crippen LogP contribution is 2.29. The maximum Gasteiger partial charge on any atom is 0.446 e. The van der Waals surface area contributed by atoms with E-state index >= 15 is 0 Å². The summed E-state index contributed by atoms with van der Waals surface area (Å²) in [6.07, 6.45) is -4.11. The number of hydrogen-bond acceptors (Lipinski definition) is 5. The molecule has 0 atom stereocenters. The Hall–Kier alpha value is -3.94. The molecule has 0 spiro atoms. The topological polar surface area (TPSA) is 64.1 Å². The largest absolute Gasteiger partial charge is 0.457 e. The van der Waals surface area contributed by atoms with Gasteiger partial charge in [-0.05, 0) is 67.8 Å². The number of aldehydes is 1. The van der Waals surface area contributed by atoms with Crippen molar-refractivity contribution in [3.8, 4) is 11.5 Å². The van der Waals surface area contributed by atoms with Crippen LogP contribution in [-0.4, -0.2) is 22.4 Å². The van der Waals surface area contributed by atoms with E-state index in [2.05, 4.69) is 41.3 Å². The van der Waals surface area contributed by atoms with E-state index in [0.717, 1.165) is 39.5 Å². The molecule has 0 aliphatic rings. The normalized spacial score (nSPS) is 10.8. The molecule has 1 N–H and O–H groups in total. The Morgan fingerprint density at radius 2 is 1.58 bits per heavy atom. The lowest BCUT2D eigenvalue weighted by molar-refractivity contribution is -0.156. The van der Waals surface area contributed by atoms with Gasteiger partial charge in [-0.15, -0.1) is 0 Å². The van der Waals surface area contributed by atoms with Gasteiger partial charge >= 0.3 is 6.18 Å². The van der Waals surface area contributed by atoms with E-state index in [-0.39, 0.29) is 0 Å². The van der Waals surface area contributed by atoms with Crippen LogP contribution in [0.5, 0.6) is 11.5 Å². The van der Waals surface area contributed by atoms with Crippen LogP contribution >= 0.6 is 0 Å². The van der Waals surface area contributed by atoms with Crippen LogP contribution in [0.15, 0.2) is 67.0 Å². The zero-order chi connectivity index (χ0) is 24.0. The van der Waals surface area contributed by atoms with Crippen LogP contribution in [-0.2, 0) is 4.79 Å². The Bertz CT molecular complexity index is 1270. The average Bonchev–Trinajstić information content (AvgIpc) is 2.77. The molecule has 170 valence electrons. The molecule has 8 heteroatoms. The number of nitrogens with one attached hydrogen (secondary N) is 1. The minimum absolute atomic E-state index is 0.777. The molecule has 0 saturated carbocycles. The second-order valence-corrected chi connectivity index (χ2v) is 7.36. The highest BCUT2D eigenvalue weighted by molar-refractivity contribution is 5.91. The molecule has 4 rings (SSSR count). The first-order valence-corrected chi connectivity index (χ1v) is 10.0. The third-order valence-electron chi connectivity index (χ3n) is 4.80. The number of carbonyl (C=O) groups is 1. The molecule has 4 aromatic rings. The van der Waals surface area contributed by atoms with Gasteiger partial charge in [-0.2, -0.15) is 13.2 Å². The number of nitrogens with zero attached hydrogens (tertiary/aromatic N) is 2. The fraction of sp³-hybridized carbons (Fsp3) is 0.160. The molecule has 0 aliphatic carbocycles. The summed E-state index contributed by atoms with van der Waals surface area (Å²) in [6.45, 7) is 6.23. The second-order valence-electron chi connectivity index (χ2n) is 7.36. The van der Waals surface area contributed by atoms with Crippen molar-refractivity contribution in [3.63, 3.8) is 0 Å². The average molecular weight is 453 g/mol. The van der Waals surface area contributed by atoms with Crippen molar-refractivity contribution >= 4 is 28.7 Å². The van der Waals surface area contributed by atoms with Crippen LogP contribution in [0.25, 0.3) is 10.9 Å². The number of aromatic nitrogens is 2. The Morgan fingerprint density at radius 3 is 2.27 bits per heavy atom. The number of hydrogen-bond donors (Lipinski definition) is 1. The van der Waals surface area contributed by atoms with Gasteiger partial charge in [0.2, 0.25) is 6.29 Å². The molecule has 0 bridgehead atoms. The van der Waals surface area contributed by atoms with E-state index in [1.54, 1.807) is 6.33 Å². The molecule has 33 heavy (non-hydrogen) atoms. The van der Waals surface area contributed by atoms with Crippen molar-refractivity contribution in [2.45, 2.75) is 26.9 Å². The van der Waals surface area contributed by atoms with Gasteiger partial charge in [0, 0.05) is 17.1 Å². The van der Waals surface area contributed by atoms with Gasteiger partial charge in [0.05, 0.1) is 5.52 Å². The number of ether oxygens (including phenoxy) is 1. The first kappa shape index (κ1) is 23.7. The quantitative estimate of drug-likeness (QED) is 0.343. The predicted molar refractivity (Wildman–Crippen MR) is 122 cm³/mol. The van der Waals surface area contributed by atoms with Crippen molar-refractivity contribution in [2.24, 2.45) is 0 Å². The molecule has 0 unspecified atom stereocenters. The summed E-state index contributed by atoms with van der Waals surface area (Å²) >= 11 is 0. The van der Waals surface area contributed by atoms with E-state index in [1.165, 1.54) is 11.1 Å². The van der Waals surface area contributed by atoms with Gasteiger partial charge < -0.3 is 10.1 Å². The van der Waals surface area contributed by atoms with E-state index in [1.807, 2.05) is 55.5 Å². The number of fused-ring (bicyclic) bond motifs is 1. The Labute approximate surface area is 189 Å². The second kappa shape index (κ2) is 10.1. The maximum atomic E-state index is 10.4. The molecule has 1 aromatic heterocycles. The summed E-state index contributed by atoms with van der Waals surface area (Å²) in [6, 6.07) is 20.1. The minimum Gasteiger partial charge on any atom is -0.457 e. The lowest BCUT2D eigenvalue weighted by Gasteiger charge is -2.12. The molecular formula is C25H22F3N3O2. The summed E-state index contributed by atoms with van der Waals surface area (Å²) in [5.41, 5.74) is 5.39. The van der Waals surface area contributed by atoms with Gasteiger partial charge in [-0.3, -0.25) is 4.79 Å². The highest BCUT2D eigenvalue weighted by atomic mass is 19.4. The van der Waals surface area contributed by atoms with Crippen LogP contribution in [0.1, 0.15) is 16.7 Å². The first-order chi connectivity index (χ1) is 15.7. The molecule has 0 amide bonds. The van der Waals surface area contributed by atoms with Gasteiger partial charge in [0.25, 0.3) is 0 Å². The van der Waals surface area contributed by atoms with Crippen LogP contribution in [0.3, 0.4) is 0 Å². The van der Waals surface area contributed by atoms with Gasteiger partial charge in [-0.1, -0.05) is 24.3 Å². The Morgan fingerprint density at radius 1 is 0.879 bits per heavy atom. The maximum absolute atomic E-state index is 10.4. The number of anilines is 2. The van der Waals surface area contributed by atoms with Crippen molar-refractivity contribution in [2.75, 3.05) is 5.32 Å². The van der Waals surface area contributed by atoms with Gasteiger partial charge in [0.1, 0.15) is 23.6 Å². The summed E-state index contributed by atoms with van der Waals surface area (Å²) in [4.78, 5) is 17.5. The fourth-order valence-electron chi connectivity index (χ4n) is 2.99. The SMILES string of the molecule is Cc1cc2ncnc(Nc3cccc(Oc4ccccc4C)c3)c2cc1C.O=CC(F)(F)F. The summed E-state index contributed by atoms with van der Waals surface area (Å²) in [5.74, 6) is 2.42. The molecule has 0 fully saturated rings. The van der Waals surface area contributed by atoms with Crippen LogP contribution in [0, 0.1) is 20.8 Å². The Kier molecular flexibility index (Phi) is 7.27. The molecule has 3 aromatic carbocycles. The lowest BCUT2D eigenvalue weighted by Crippen LogP contribution is -2.07. The smallest absolute Gasteiger partial charge is 0.446 e. The van der Waals surface area contributed by atoms with Crippen molar-refractivity contribution in [1.82, 2.24) is 9.97 Å². The number of alkyl halides is 3. The number of halogens is 3. The zero-order valence-corrected chi connectivity index (χ0v) is 18.3. The standard InChI is InChI=1S/C23H21N3O.C2HF3O/c1-15-7-4-5-10-22(15)27-19-9-6-8-18(13-19)26-23-20-11-16(2)17(3)12-21(20)24-14-25-23;3-2(4,5)1-6/h4-14H,1-3H3,(H,24,25,26);1H. The summed E-state index contributed by atoms with van der Waals surface area (Å²) in [7, 11) is 0. The third-order valence-corrected chi connectivity index (χ3v) is 4.80. The number of carbonyl (C=O) groups excluding carboxylic acids is 1. The molecule has 0 aliphatic heterocycles. The van der Waals surface area contributed by atoms with E-state index in [4.69, 9.17) is 9.53 Å². The minimum atomic E-state index is -4.64. The number of benzene rings is 3. The predicted octanol–water partition coefficient (Wildman–Crippen LogP) is 6.84. The van der Waals surface area contributed by atoms with Crippen molar-refractivity contribution in [3.05, 3.63) is 83.7 Å². The number of aryl methyl sites for hydroxylation is 3. The van der Waals surface area contributed by atoms with Gasteiger partial charge in [-0.25, -0.2) is 9.97 Å². The van der Waals surface area contributed by atoms with E-state index in [9.17, 15) is 13.2 Å². The van der Waals surface area contributed by atoms with Crippen LogP contribution < -0.4 is 10.1 Å². The molecule has 0 saturated heterocycles. The number of rotatable bonds is 4. The lowest BCUT2D eigenvalue weighted by atomic mass is 10.1.